The number of aryl methyl sites for hydroxylation is 2. The molecule has 1 N–H and O–H groups in total. The van der Waals surface area contributed by atoms with Gasteiger partial charge in [-0.25, -0.2) is 4.98 Å². The van der Waals surface area contributed by atoms with Crippen molar-refractivity contribution in [1.82, 2.24) is 10.3 Å². The highest BCUT2D eigenvalue weighted by atomic mass is 79.9. The van der Waals surface area contributed by atoms with Gasteiger partial charge in [-0.1, -0.05) is 0 Å². The molecule has 3 rings (SSSR count). The number of hydrogen-bond acceptors (Lipinski definition) is 4. The zero-order valence-electron chi connectivity index (χ0n) is 12.0. The third-order valence-electron chi connectivity index (χ3n) is 3.69. The maximum absolute atomic E-state index is 12.5. The number of thiophene rings is 1. The van der Waals surface area contributed by atoms with Gasteiger partial charge in [-0.2, -0.15) is 0 Å². The maximum Gasteiger partial charge on any atom is 0.262 e. The molecule has 0 bridgehead atoms. The summed E-state index contributed by atoms with van der Waals surface area (Å²) in [5, 5.41) is 4.15. The van der Waals surface area contributed by atoms with E-state index < -0.39 is 0 Å². The van der Waals surface area contributed by atoms with Gasteiger partial charge in [-0.3, -0.25) is 4.79 Å². The van der Waals surface area contributed by atoms with E-state index in [1.54, 1.807) is 0 Å². The number of halogens is 1. The normalized spacial score (nSPS) is 16.3. The fourth-order valence-corrected chi connectivity index (χ4v) is 4.78. The van der Waals surface area contributed by atoms with Crippen molar-refractivity contribution in [3.05, 3.63) is 26.7 Å². The molecule has 6 heteroatoms. The van der Waals surface area contributed by atoms with Crippen LogP contribution in [0.4, 0.5) is 0 Å². The quantitative estimate of drug-likeness (QED) is 0.880. The van der Waals surface area contributed by atoms with Crippen LogP contribution in [0.2, 0.25) is 0 Å². The lowest BCUT2D eigenvalue weighted by atomic mass is 10.1. The molecule has 2 aromatic rings. The predicted octanol–water partition coefficient (Wildman–Crippen LogP) is 3.58. The van der Waals surface area contributed by atoms with E-state index in [1.165, 1.54) is 11.3 Å². The summed E-state index contributed by atoms with van der Waals surface area (Å²) in [6.45, 7) is 5.47. The zero-order chi connectivity index (χ0) is 15.0. The number of ether oxygens (including phenoxy) is 1. The lowest BCUT2D eigenvalue weighted by Crippen LogP contribution is -2.38. The third kappa shape index (κ3) is 2.98. The number of carbonyl (C=O) groups excluding carboxylic acids is 1. The number of carbonyl (C=O) groups is 1. The van der Waals surface area contributed by atoms with Crippen LogP contribution in [-0.2, 0) is 4.74 Å². The average molecular weight is 369 g/mol. The summed E-state index contributed by atoms with van der Waals surface area (Å²) in [5.74, 6) is -0.0196. The van der Waals surface area contributed by atoms with E-state index in [1.807, 2.05) is 13.0 Å². The van der Waals surface area contributed by atoms with E-state index in [4.69, 9.17) is 4.74 Å². The molecule has 4 nitrogen and oxygen atoms in total. The minimum Gasteiger partial charge on any atom is -0.381 e. The molecular formula is C15H17BrN2O2S. The molecule has 0 atom stereocenters. The molecule has 0 aromatic carbocycles. The molecule has 2 aromatic heterocycles. The topological polar surface area (TPSA) is 51.2 Å². The average Bonchev–Trinajstić information content (AvgIpc) is 2.77. The monoisotopic (exact) mass is 368 g/mol. The lowest BCUT2D eigenvalue weighted by Gasteiger charge is -2.22. The van der Waals surface area contributed by atoms with Crippen molar-refractivity contribution >= 4 is 43.4 Å². The van der Waals surface area contributed by atoms with Gasteiger partial charge >= 0.3 is 0 Å². The molecule has 1 fully saturated rings. The zero-order valence-corrected chi connectivity index (χ0v) is 14.4. The highest BCUT2D eigenvalue weighted by molar-refractivity contribution is 9.10. The first-order chi connectivity index (χ1) is 10.1. The molecule has 0 saturated carbocycles. The molecule has 1 amide bonds. The Morgan fingerprint density at radius 2 is 2.14 bits per heavy atom. The molecule has 1 aliphatic rings. The largest absolute Gasteiger partial charge is 0.381 e. The van der Waals surface area contributed by atoms with E-state index in [-0.39, 0.29) is 11.9 Å². The molecule has 1 aliphatic heterocycles. The molecule has 21 heavy (non-hydrogen) atoms. The molecule has 0 radical (unpaired) electrons. The molecule has 0 spiro atoms. The van der Waals surface area contributed by atoms with Crippen LogP contribution in [0.3, 0.4) is 0 Å². The second-order valence-corrected chi connectivity index (χ2v) is 7.16. The lowest BCUT2D eigenvalue weighted by molar-refractivity contribution is 0.0698. The number of amides is 1. The van der Waals surface area contributed by atoms with E-state index in [2.05, 4.69) is 33.2 Å². The standard InChI is InChI=1S/C15H17BrN2O2S/c1-8-7-9(2)17-15-11(8)12(16)13(21-15)14(19)18-10-3-5-20-6-4-10/h7,10H,3-6H2,1-2H3,(H,18,19). The summed E-state index contributed by atoms with van der Waals surface area (Å²) in [6, 6.07) is 2.25. The van der Waals surface area contributed by atoms with Crippen LogP contribution in [0.25, 0.3) is 10.2 Å². The van der Waals surface area contributed by atoms with Gasteiger partial charge in [0, 0.05) is 30.3 Å². The van der Waals surface area contributed by atoms with E-state index in [0.717, 1.165) is 52.0 Å². The highest BCUT2D eigenvalue weighted by Crippen LogP contribution is 2.36. The number of hydrogen-bond donors (Lipinski definition) is 1. The molecule has 112 valence electrons. The van der Waals surface area contributed by atoms with Gasteiger partial charge in [0.1, 0.15) is 9.71 Å². The molecular weight excluding hydrogens is 352 g/mol. The third-order valence-corrected chi connectivity index (χ3v) is 5.83. The maximum atomic E-state index is 12.5. The van der Waals surface area contributed by atoms with Crippen LogP contribution in [0.5, 0.6) is 0 Å². The Morgan fingerprint density at radius 3 is 2.86 bits per heavy atom. The second kappa shape index (κ2) is 6.02. The van der Waals surface area contributed by atoms with E-state index in [0.29, 0.717) is 4.88 Å². The number of rotatable bonds is 2. The van der Waals surface area contributed by atoms with Gasteiger partial charge < -0.3 is 10.1 Å². The minimum atomic E-state index is -0.0196. The number of nitrogens with one attached hydrogen (secondary N) is 1. The molecule has 3 heterocycles. The number of pyridine rings is 1. The predicted molar refractivity (Wildman–Crippen MR) is 88.1 cm³/mol. The van der Waals surface area contributed by atoms with Crippen molar-refractivity contribution in [2.24, 2.45) is 0 Å². The van der Waals surface area contributed by atoms with Gasteiger partial charge in [0.15, 0.2) is 0 Å². The molecule has 1 saturated heterocycles. The van der Waals surface area contributed by atoms with Crippen molar-refractivity contribution in [1.29, 1.82) is 0 Å². The minimum absolute atomic E-state index is 0.0196. The van der Waals surface area contributed by atoms with Crippen molar-refractivity contribution in [2.45, 2.75) is 32.7 Å². The van der Waals surface area contributed by atoms with Crippen LogP contribution in [0.15, 0.2) is 10.5 Å². The first-order valence-corrected chi connectivity index (χ1v) is 8.62. The van der Waals surface area contributed by atoms with Gasteiger partial charge in [-0.05, 0) is 54.2 Å². The molecule has 0 unspecified atom stereocenters. The Labute approximate surface area is 136 Å². The van der Waals surface area contributed by atoms with Gasteiger partial charge in [0.25, 0.3) is 5.91 Å². The van der Waals surface area contributed by atoms with Crippen LogP contribution in [-0.4, -0.2) is 30.1 Å². The number of fused-ring (bicyclic) bond motifs is 1. The first-order valence-electron chi connectivity index (χ1n) is 7.01. The summed E-state index contributed by atoms with van der Waals surface area (Å²) < 4.78 is 6.18. The van der Waals surface area contributed by atoms with E-state index >= 15 is 0 Å². The molecule has 0 aliphatic carbocycles. The Kier molecular flexibility index (Phi) is 4.28. The van der Waals surface area contributed by atoms with Crippen LogP contribution in [0, 0.1) is 13.8 Å². The number of nitrogens with zero attached hydrogens (tertiary/aromatic N) is 1. The highest BCUT2D eigenvalue weighted by Gasteiger charge is 2.22. The van der Waals surface area contributed by atoms with Crippen molar-refractivity contribution in [3.8, 4) is 0 Å². The summed E-state index contributed by atoms with van der Waals surface area (Å²) in [6.07, 6.45) is 1.76. The Hall–Kier alpha value is -0.980. The SMILES string of the molecule is Cc1cc(C)c2c(Br)c(C(=O)NC3CCOCC3)sc2n1. The Morgan fingerprint density at radius 1 is 1.43 bits per heavy atom. The van der Waals surface area contributed by atoms with Crippen LogP contribution in [0.1, 0.15) is 33.8 Å². The first kappa shape index (κ1) is 14.9. The number of aromatic nitrogens is 1. The van der Waals surface area contributed by atoms with Crippen LogP contribution < -0.4 is 5.32 Å². The fourth-order valence-electron chi connectivity index (χ4n) is 2.64. The van der Waals surface area contributed by atoms with Crippen molar-refractivity contribution in [3.63, 3.8) is 0 Å². The Bertz CT molecular complexity index is 693. The van der Waals surface area contributed by atoms with Crippen molar-refractivity contribution in [2.75, 3.05) is 13.2 Å². The van der Waals surface area contributed by atoms with Crippen LogP contribution >= 0.6 is 27.3 Å². The summed E-state index contributed by atoms with van der Waals surface area (Å²) in [5.41, 5.74) is 2.12. The summed E-state index contributed by atoms with van der Waals surface area (Å²) in [4.78, 5) is 18.7. The van der Waals surface area contributed by atoms with E-state index in [9.17, 15) is 4.79 Å². The fraction of sp³-hybridized carbons (Fsp3) is 0.467. The van der Waals surface area contributed by atoms with Crippen molar-refractivity contribution < 1.29 is 9.53 Å². The van der Waals surface area contributed by atoms with Gasteiger partial charge in [0.2, 0.25) is 0 Å². The summed E-state index contributed by atoms with van der Waals surface area (Å²) >= 11 is 5.03. The second-order valence-electron chi connectivity index (χ2n) is 5.37. The van der Waals surface area contributed by atoms with Gasteiger partial charge in [-0.15, -0.1) is 11.3 Å². The Balaban J connectivity index is 1.91. The van der Waals surface area contributed by atoms with Gasteiger partial charge in [0.05, 0.1) is 4.47 Å². The smallest absolute Gasteiger partial charge is 0.262 e. The summed E-state index contributed by atoms with van der Waals surface area (Å²) in [7, 11) is 0.